The molecule has 1 aliphatic heterocycles. The Morgan fingerprint density at radius 1 is 1.21 bits per heavy atom. The number of hydrogen-bond acceptors (Lipinski definition) is 4. The van der Waals surface area contributed by atoms with Gasteiger partial charge in [-0.2, -0.15) is 0 Å². The van der Waals surface area contributed by atoms with Crippen LogP contribution in [0.15, 0.2) is 24.3 Å². The van der Waals surface area contributed by atoms with E-state index in [0.717, 1.165) is 12.1 Å². The van der Waals surface area contributed by atoms with Gasteiger partial charge in [0.25, 0.3) is 0 Å². The van der Waals surface area contributed by atoms with Crippen LogP contribution >= 0.6 is 0 Å². The number of nitrogens with one attached hydrogen (secondary N) is 2. The van der Waals surface area contributed by atoms with Gasteiger partial charge in [0.15, 0.2) is 0 Å². The Bertz CT molecular complexity index is 574. The highest BCUT2D eigenvalue weighted by Crippen LogP contribution is 2.33. The molecule has 0 spiro atoms. The van der Waals surface area contributed by atoms with Gasteiger partial charge < -0.3 is 21.1 Å². The van der Waals surface area contributed by atoms with E-state index in [9.17, 15) is 9.59 Å². The molecule has 4 N–H and O–H groups in total. The monoisotopic (exact) mass is 331 g/mol. The molecular formula is C18H25N3O3. The van der Waals surface area contributed by atoms with Gasteiger partial charge in [0, 0.05) is 11.7 Å². The number of carbonyl (C=O) groups excluding carboxylic acids is 2. The zero-order chi connectivity index (χ0) is 16.9. The van der Waals surface area contributed by atoms with Crippen molar-refractivity contribution in [2.45, 2.75) is 50.6 Å². The fourth-order valence-electron chi connectivity index (χ4n) is 3.65. The number of nitrogens with two attached hydrogens (primary N) is 1. The van der Waals surface area contributed by atoms with Crippen molar-refractivity contribution in [1.82, 2.24) is 5.32 Å². The lowest BCUT2D eigenvalue weighted by Crippen LogP contribution is -2.39. The SMILES string of the molecule is NC(=O)CCOc1ccc(NC(=O)C2CC3CCCCC3N2)cc1. The van der Waals surface area contributed by atoms with Gasteiger partial charge in [0.05, 0.1) is 19.1 Å². The third-order valence-corrected chi connectivity index (χ3v) is 4.92. The van der Waals surface area contributed by atoms with Gasteiger partial charge in [0.2, 0.25) is 11.8 Å². The molecule has 0 aromatic heterocycles. The Labute approximate surface area is 142 Å². The molecule has 130 valence electrons. The summed E-state index contributed by atoms with van der Waals surface area (Å²) in [5.41, 5.74) is 5.82. The van der Waals surface area contributed by atoms with Crippen molar-refractivity contribution in [2.75, 3.05) is 11.9 Å². The summed E-state index contributed by atoms with van der Waals surface area (Å²) in [6, 6.07) is 7.58. The second kappa shape index (κ2) is 7.66. The summed E-state index contributed by atoms with van der Waals surface area (Å²) in [4.78, 5) is 23.1. The highest BCUT2D eigenvalue weighted by molar-refractivity contribution is 5.95. The average molecular weight is 331 g/mol. The molecule has 24 heavy (non-hydrogen) atoms. The van der Waals surface area contributed by atoms with Crippen molar-refractivity contribution in [1.29, 1.82) is 0 Å². The van der Waals surface area contributed by atoms with Gasteiger partial charge in [-0.3, -0.25) is 9.59 Å². The average Bonchev–Trinajstić information content (AvgIpc) is 3.00. The highest BCUT2D eigenvalue weighted by atomic mass is 16.5. The molecule has 3 rings (SSSR count). The maximum Gasteiger partial charge on any atom is 0.241 e. The van der Waals surface area contributed by atoms with Gasteiger partial charge in [-0.15, -0.1) is 0 Å². The molecule has 6 nitrogen and oxygen atoms in total. The quantitative estimate of drug-likeness (QED) is 0.741. The largest absolute Gasteiger partial charge is 0.493 e. The molecule has 3 unspecified atom stereocenters. The fraction of sp³-hybridized carbons (Fsp3) is 0.556. The molecule has 2 aliphatic rings. The number of carbonyl (C=O) groups is 2. The second-order valence-electron chi connectivity index (χ2n) is 6.68. The lowest BCUT2D eigenvalue weighted by atomic mass is 9.85. The van der Waals surface area contributed by atoms with Crippen LogP contribution in [0, 0.1) is 5.92 Å². The number of benzene rings is 1. The zero-order valence-corrected chi connectivity index (χ0v) is 13.8. The number of rotatable bonds is 6. The minimum Gasteiger partial charge on any atom is -0.493 e. The molecule has 1 aliphatic carbocycles. The number of fused-ring (bicyclic) bond motifs is 1. The van der Waals surface area contributed by atoms with E-state index in [4.69, 9.17) is 10.5 Å². The Hall–Kier alpha value is -2.08. The van der Waals surface area contributed by atoms with E-state index < -0.39 is 0 Å². The molecule has 3 atom stereocenters. The summed E-state index contributed by atoms with van der Waals surface area (Å²) in [6.45, 7) is 0.260. The molecule has 1 aromatic rings. The molecule has 2 amide bonds. The minimum atomic E-state index is -0.386. The second-order valence-corrected chi connectivity index (χ2v) is 6.68. The third kappa shape index (κ3) is 4.26. The summed E-state index contributed by atoms with van der Waals surface area (Å²) in [6.07, 6.45) is 6.09. The minimum absolute atomic E-state index is 0.0341. The smallest absolute Gasteiger partial charge is 0.241 e. The van der Waals surface area contributed by atoms with E-state index >= 15 is 0 Å². The summed E-state index contributed by atoms with van der Waals surface area (Å²) >= 11 is 0. The molecule has 1 heterocycles. The van der Waals surface area contributed by atoms with Crippen LogP contribution in [0.4, 0.5) is 5.69 Å². The number of ether oxygens (including phenoxy) is 1. The molecule has 6 heteroatoms. The van der Waals surface area contributed by atoms with Crippen molar-refractivity contribution in [2.24, 2.45) is 11.7 Å². The van der Waals surface area contributed by atoms with Crippen LogP contribution in [0.3, 0.4) is 0 Å². The van der Waals surface area contributed by atoms with Crippen molar-refractivity contribution in [3.05, 3.63) is 24.3 Å². The van der Waals surface area contributed by atoms with E-state index in [0.29, 0.717) is 17.7 Å². The normalized spacial score (nSPS) is 25.8. The number of hydrogen-bond donors (Lipinski definition) is 3. The van der Waals surface area contributed by atoms with Crippen molar-refractivity contribution in [3.63, 3.8) is 0 Å². The fourth-order valence-corrected chi connectivity index (χ4v) is 3.65. The first-order valence-corrected chi connectivity index (χ1v) is 8.70. The summed E-state index contributed by atoms with van der Waals surface area (Å²) in [5.74, 6) is 0.949. The first-order chi connectivity index (χ1) is 11.6. The first-order valence-electron chi connectivity index (χ1n) is 8.70. The molecular weight excluding hydrogens is 306 g/mol. The highest BCUT2D eigenvalue weighted by Gasteiger charge is 2.38. The zero-order valence-electron chi connectivity index (χ0n) is 13.8. The van der Waals surface area contributed by atoms with Crippen LogP contribution in [-0.4, -0.2) is 30.5 Å². The number of amides is 2. The molecule has 2 fully saturated rings. The molecule has 1 saturated carbocycles. The predicted octanol–water partition coefficient (Wildman–Crippen LogP) is 1.80. The van der Waals surface area contributed by atoms with E-state index in [2.05, 4.69) is 10.6 Å². The maximum atomic E-state index is 12.4. The van der Waals surface area contributed by atoms with Gasteiger partial charge in [-0.1, -0.05) is 12.8 Å². The standard InChI is InChI=1S/C18H25N3O3/c19-17(22)9-10-24-14-7-5-13(6-8-14)20-18(23)16-11-12-3-1-2-4-15(12)21-16/h5-8,12,15-16,21H,1-4,9-11H2,(H2,19,22)(H,20,23). The number of anilines is 1. The Morgan fingerprint density at radius 3 is 2.67 bits per heavy atom. The van der Waals surface area contributed by atoms with Crippen LogP contribution in [0.1, 0.15) is 38.5 Å². The maximum absolute atomic E-state index is 12.4. The van der Waals surface area contributed by atoms with E-state index in [1.807, 2.05) is 0 Å². The van der Waals surface area contributed by atoms with E-state index in [1.165, 1.54) is 25.7 Å². The van der Waals surface area contributed by atoms with Crippen LogP contribution < -0.4 is 21.1 Å². The Balaban J connectivity index is 1.48. The Kier molecular flexibility index (Phi) is 5.35. The topological polar surface area (TPSA) is 93.5 Å². The summed E-state index contributed by atoms with van der Waals surface area (Å²) in [5, 5.41) is 6.45. The van der Waals surface area contributed by atoms with Crippen LogP contribution in [0.2, 0.25) is 0 Å². The summed E-state index contributed by atoms with van der Waals surface area (Å²) in [7, 11) is 0. The molecule has 0 radical (unpaired) electrons. The van der Waals surface area contributed by atoms with Gasteiger partial charge in [0.1, 0.15) is 5.75 Å². The third-order valence-electron chi connectivity index (χ3n) is 4.92. The van der Waals surface area contributed by atoms with Crippen molar-refractivity contribution in [3.8, 4) is 5.75 Å². The number of primary amides is 1. The van der Waals surface area contributed by atoms with E-state index in [1.54, 1.807) is 24.3 Å². The lowest BCUT2D eigenvalue weighted by molar-refractivity contribution is -0.119. The van der Waals surface area contributed by atoms with Crippen LogP contribution in [0.5, 0.6) is 5.75 Å². The molecule has 1 saturated heterocycles. The first kappa shape index (κ1) is 16.8. The Morgan fingerprint density at radius 2 is 1.96 bits per heavy atom. The predicted molar refractivity (Wildman–Crippen MR) is 91.7 cm³/mol. The molecule has 0 bridgehead atoms. The van der Waals surface area contributed by atoms with Gasteiger partial charge >= 0.3 is 0 Å². The van der Waals surface area contributed by atoms with Crippen LogP contribution in [0.25, 0.3) is 0 Å². The molecule has 1 aromatic carbocycles. The van der Waals surface area contributed by atoms with Crippen LogP contribution in [-0.2, 0) is 9.59 Å². The summed E-state index contributed by atoms with van der Waals surface area (Å²) < 4.78 is 5.41. The van der Waals surface area contributed by atoms with Crippen molar-refractivity contribution >= 4 is 17.5 Å². The van der Waals surface area contributed by atoms with Gasteiger partial charge in [-0.25, -0.2) is 0 Å². The lowest BCUT2D eigenvalue weighted by Gasteiger charge is -2.24. The van der Waals surface area contributed by atoms with E-state index in [-0.39, 0.29) is 30.9 Å². The van der Waals surface area contributed by atoms with Gasteiger partial charge in [-0.05, 0) is 49.4 Å². The van der Waals surface area contributed by atoms with Crippen molar-refractivity contribution < 1.29 is 14.3 Å².